The molecule has 0 spiro atoms. The third-order valence-electron chi connectivity index (χ3n) is 1.95. The number of urea groups is 1. The number of benzene rings is 1. The average molecular weight is 235 g/mol. The maximum atomic E-state index is 11.5. The maximum absolute atomic E-state index is 11.5. The van der Waals surface area contributed by atoms with Crippen LogP contribution in [0.25, 0.3) is 10.1 Å². The van der Waals surface area contributed by atoms with E-state index in [2.05, 4.69) is 5.43 Å². The lowest BCUT2D eigenvalue weighted by atomic mass is 10.2. The first-order valence-electron chi connectivity index (χ1n) is 4.51. The van der Waals surface area contributed by atoms with Crippen molar-refractivity contribution in [2.24, 2.45) is 5.73 Å². The van der Waals surface area contributed by atoms with E-state index in [1.54, 1.807) is 6.07 Å². The highest BCUT2D eigenvalue weighted by molar-refractivity contribution is 7.20. The van der Waals surface area contributed by atoms with Gasteiger partial charge in [0.15, 0.2) is 0 Å². The Bertz CT molecular complexity index is 517. The molecule has 0 fully saturated rings. The molecule has 0 saturated heterocycles. The number of fused-ring (bicyclic) bond motifs is 1. The summed E-state index contributed by atoms with van der Waals surface area (Å²) in [5.74, 6) is -0.375. The Balaban J connectivity index is 2.20. The summed E-state index contributed by atoms with van der Waals surface area (Å²) in [6, 6.07) is 8.62. The summed E-state index contributed by atoms with van der Waals surface area (Å²) in [7, 11) is 0. The topological polar surface area (TPSA) is 84.2 Å². The van der Waals surface area contributed by atoms with Gasteiger partial charge in [-0.2, -0.15) is 0 Å². The minimum absolute atomic E-state index is 0.375. The van der Waals surface area contributed by atoms with Crippen LogP contribution in [0.3, 0.4) is 0 Å². The van der Waals surface area contributed by atoms with Crippen LogP contribution in [0.4, 0.5) is 4.79 Å². The third-order valence-corrected chi connectivity index (χ3v) is 3.06. The standard InChI is InChI=1S/C10H9N3O2S/c11-10(15)13-12-9(14)8-5-6-3-1-2-4-7(6)16-8/h1-5H,(H,12,14)(H3,11,13,15). The lowest BCUT2D eigenvalue weighted by Gasteiger charge is -2.01. The number of hydrogen-bond acceptors (Lipinski definition) is 3. The van der Waals surface area contributed by atoms with Gasteiger partial charge in [-0.05, 0) is 17.5 Å². The molecule has 82 valence electrons. The van der Waals surface area contributed by atoms with Gasteiger partial charge in [-0.1, -0.05) is 18.2 Å². The molecule has 0 bridgehead atoms. The van der Waals surface area contributed by atoms with E-state index in [1.165, 1.54) is 11.3 Å². The van der Waals surface area contributed by atoms with E-state index in [-0.39, 0.29) is 5.91 Å². The monoisotopic (exact) mass is 235 g/mol. The molecule has 2 rings (SSSR count). The average Bonchev–Trinajstić information content (AvgIpc) is 2.69. The van der Waals surface area contributed by atoms with Crippen molar-refractivity contribution in [1.82, 2.24) is 10.9 Å². The molecule has 0 atom stereocenters. The summed E-state index contributed by atoms with van der Waals surface area (Å²) in [6.07, 6.45) is 0. The number of hydrazine groups is 1. The van der Waals surface area contributed by atoms with Crippen molar-refractivity contribution in [1.29, 1.82) is 0 Å². The smallest absolute Gasteiger partial charge is 0.330 e. The van der Waals surface area contributed by atoms with Gasteiger partial charge in [0.1, 0.15) is 0 Å². The van der Waals surface area contributed by atoms with E-state index >= 15 is 0 Å². The highest BCUT2D eigenvalue weighted by atomic mass is 32.1. The number of carbonyl (C=O) groups is 2. The Morgan fingerprint density at radius 1 is 1.19 bits per heavy atom. The molecule has 3 amide bonds. The summed E-state index contributed by atoms with van der Waals surface area (Å²) in [4.78, 5) is 22.5. The molecule has 1 aromatic carbocycles. The molecular weight excluding hydrogens is 226 g/mol. The van der Waals surface area contributed by atoms with Crippen LogP contribution < -0.4 is 16.6 Å². The molecule has 0 radical (unpaired) electrons. The molecule has 0 aliphatic carbocycles. The van der Waals surface area contributed by atoms with Crippen LogP contribution in [0, 0.1) is 0 Å². The number of nitrogens with two attached hydrogens (primary N) is 1. The number of carbonyl (C=O) groups excluding carboxylic acids is 2. The van der Waals surface area contributed by atoms with Crippen LogP contribution in [-0.2, 0) is 0 Å². The number of nitrogens with one attached hydrogen (secondary N) is 2. The lowest BCUT2D eigenvalue weighted by Crippen LogP contribution is -2.44. The number of primary amides is 1. The van der Waals surface area contributed by atoms with Gasteiger partial charge < -0.3 is 5.73 Å². The van der Waals surface area contributed by atoms with Gasteiger partial charge >= 0.3 is 6.03 Å². The first kappa shape index (κ1) is 10.4. The summed E-state index contributed by atoms with van der Waals surface area (Å²) in [5.41, 5.74) is 9.07. The predicted octanol–water partition coefficient (Wildman–Crippen LogP) is 1.21. The summed E-state index contributed by atoms with van der Waals surface area (Å²) in [6.45, 7) is 0. The zero-order chi connectivity index (χ0) is 11.5. The first-order valence-corrected chi connectivity index (χ1v) is 5.33. The van der Waals surface area contributed by atoms with E-state index in [0.717, 1.165) is 10.1 Å². The van der Waals surface area contributed by atoms with E-state index in [1.807, 2.05) is 29.7 Å². The van der Waals surface area contributed by atoms with Gasteiger partial charge in [0.2, 0.25) is 0 Å². The van der Waals surface area contributed by atoms with Crippen molar-refractivity contribution in [2.45, 2.75) is 0 Å². The third kappa shape index (κ3) is 2.12. The van der Waals surface area contributed by atoms with E-state index in [0.29, 0.717) is 4.88 Å². The van der Waals surface area contributed by atoms with Crippen molar-refractivity contribution in [3.8, 4) is 0 Å². The Labute approximate surface area is 95.2 Å². The lowest BCUT2D eigenvalue weighted by molar-refractivity contribution is 0.0941. The Hall–Kier alpha value is -2.08. The highest BCUT2D eigenvalue weighted by Gasteiger charge is 2.09. The molecule has 4 N–H and O–H groups in total. The number of amides is 3. The molecule has 1 heterocycles. The number of rotatable bonds is 1. The predicted molar refractivity (Wildman–Crippen MR) is 62.0 cm³/mol. The molecule has 0 aliphatic rings. The second-order valence-electron chi connectivity index (χ2n) is 3.09. The molecule has 0 saturated carbocycles. The molecule has 16 heavy (non-hydrogen) atoms. The Kier molecular flexibility index (Phi) is 2.74. The maximum Gasteiger partial charge on any atom is 0.330 e. The minimum Gasteiger partial charge on any atom is -0.350 e. The van der Waals surface area contributed by atoms with E-state index in [9.17, 15) is 9.59 Å². The summed E-state index contributed by atoms with van der Waals surface area (Å²) >= 11 is 1.35. The zero-order valence-corrected chi connectivity index (χ0v) is 9.01. The van der Waals surface area contributed by atoms with Gasteiger partial charge in [-0.25, -0.2) is 10.2 Å². The van der Waals surface area contributed by atoms with Crippen LogP contribution in [0.2, 0.25) is 0 Å². The molecule has 1 aromatic heterocycles. The van der Waals surface area contributed by atoms with Gasteiger partial charge in [-0.3, -0.25) is 10.2 Å². The number of thiophene rings is 1. The van der Waals surface area contributed by atoms with Gasteiger partial charge in [0, 0.05) is 4.70 Å². The first-order chi connectivity index (χ1) is 7.66. The van der Waals surface area contributed by atoms with Crippen molar-refractivity contribution >= 4 is 33.4 Å². The second kappa shape index (κ2) is 4.19. The Morgan fingerprint density at radius 2 is 1.94 bits per heavy atom. The Morgan fingerprint density at radius 3 is 2.62 bits per heavy atom. The second-order valence-corrected chi connectivity index (χ2v) is 4.18. The van der Waals surface area contributed by atoms with Crippen LogP contribution in [0.1, 0.15) is 9.67 Å². The van der Waals surface area contributed by atoms with Crippen molar-refractivity contribution < 1.29 is 9.59 Å². The molecule has 2 aromatic rings. The summed E-state index contributed by atoms with van der Waals surface area (Å²) in [5, 5.41) is 0.997. The van der Waals surface area contributed by atoms with Crippen molar-refractivity contribution in [2.75, 3.05) is 0 Å². The van der Waals surface area contributed by atoms with E-state index in [4.69, 9.17) is 5.73 Å². The quantitative estimate of drug-likeness (QED) is 0.649. The van der Waals surface area contributed by atoms with Crippen LogP contribution in [0.5, 0.6) is 0 Å². The summed E-state index contributed by atoms with van der Waals surface area (Å²) < 4.78 is 1.02. The normalized spacial score (nSPS) is 10.0. The minimum atomic E-state index is -0.797. The number of hydrogen-bond donors (Lipinski definition) is 3. The van der Waals surface area contributed by atoms with Crippen molar-refractivity contribution in [3.05, 3.63) is 35.2 Å². The van der Waals surface area contributed by atoms with Crippen LogP contribution in [-0.4, -0.2) is 11.9 Å². The molecule has 0 unspecified atom stereocenters. The molecule has 5 nitrogen and oxygen atoms in total. The molecule has 0 aliphatic heterocycles. The van der Waals surface area contributed by atoms with Gasteiger partial charge in [-0.15, -0.1) is 11.3 Å². The highest BCUT2D eigenvalue weighted by Crippen LogP contribution is 2.24. The SMILES string of the molecule is NC(=O)NNC(=O)c1cc2ccccc2s1. The molecular formula is C10H9N3O2S. The van der Waals surface area contributed by atoms with Gasteiger partial charge in [0.05, 0.1) is 4.88 Å². The molecule has 6 heteroatoms. The van der Waals surface area contributed by atoms with Crippen LogP contribution in [0.15, 0.2) is 30.3 Å². The fourth-order valence-electron chi connectivity index (χ4n) is 1.27. The fourth-order valence-corrected chi connectivity index (χ4v) is 2.23. The van der Waals surface area contributed by atoms with Crippen LogP contribution >= 0.6 is 11.3 Å². The fraction of sp³-hybridized carbons (Fsp3) is 0. The largest absolute Gasteiger partial charge is 0.350 e. The zero-order valence-electron chi connectivity index (χ0n) is 8.19. The van der Waals surface area contributed by atoms with E-state index < -0.39 is 6.03 Å². The van der Waals surface area contributed by atoms with Gasteiger partial charge in [0.25, 0.3) is 5.91 Å². The van der Waals surface area contributed by atoms with Crippen molar-refractivity contribution in [3.63, 3.8) is 0 Å².